The van der Waals surface area contributed by atoms with E-state index in [2.05, 4.69) is 51.4 Å². The molecule has 0 spiro atoms. The number of nitrogens with one attached hydrogen (secondary N) is 1. The molecule has 1 saturated heterocycles. The van der Waals surface area contributed by atoms with Gasteiger partial charge in [-0.2, -0.15) is 15.5 Å². The first-order valence-electron chi connectivity index (χ1n) is 11.8. The number of rotatable bonds is 4. The molecule has 0 radical (unpaired) electrons. The van der Waals surface area contributed by atoms with Crippen LogP contribution in [0.2, 0.25) is 0 Å². The monoisotopic (exact) mass is 462 g/mol. The van der Waals surface area contributed by atoms with Gasteiger partial charge in [-0.05, 0) is 23.9 Å². The van der Waals surface area contributed by atoms with Gasteiger partial charge in [0.1, 0.15) is 17.5 Å². The Balaban J connectivity index is 1.59. The Morgan fingerprint density at radius 1 is 1.14 bits per heavy atom. The highest BCUT2D eigenvalue weighted by Gasteiger charge is 2.31. The number of fused-ring (bicyclic) bond motifs is 2. The number of terminal acetylenes is 1. The second-order valence-corrected chi connectivity index (χ2v) is 8.84. The highest BCUT2D eigenvalue weighted by molar-refractivity contribution is 5.99. The topological polar surface area (TPSA) is 88.2 Å². The molecule has 0 bridgehead atoms. The van der Waals surface area contributed by atoms with Crippen LogP contribution in [0.4, 0.5) is 11.5 Å². The first-order chi connectivity index (χ1) is 17.2. The largest absolute Gasteiger partial charge is 0.480 e. The number of pyridine rings is 1. The Labute approximate surface area is 205 Å². The summed E-state index contributed by atoms with van der Waals surface area (Å²) in [6.07, 6.45) is 7.03. The van der Waals surface area contributed by atoms with Gasteiger partial charge in [0.05, 0.1) is 19.6 Å². The van der Waals surface area contributed by atoms with E-state index in [1.807, 2.05) is 18.2 Å². The maximum absolute atomic E-state index is 10.1. The molecule has 1 atom stereocenters. The van der Waals surface area contributed by atoms with Crippen LogP contribution < -0.4 is 19.9 Å². The van der Waals surface area contributed by atoms with Gasteiger partial charge in [-0.25, -0.2) is 0 Å². The van der Waals surface area contributed by atoms with Crippen molar-refractivity contribution in [2.75, 3.05) is 43.1 Å². The first-order valence-corrected chi connectivity index (χ1v) is 11.8. The van der Waals surface area contributed by atoms with Crippen molar-refractivity contribution in [2.45, 2.75) is 25.4 Å². The molecule has 1 fully saturated rings. The second-order valence-electron chi connectivity index (χ2n) is 8.84. The molecule has 2 aliphatic heterocycles. The van der Waals surface area contributed by atoms with Crippen LogP contribution in [0, 0.1) is 35.0 Å². The van der Waals surface area contributed by atoms with Crippen molar-refractivity contribution in [2.24, 2.45) is 0 Å². The van der Waals surface area contributed by atoms with Gasteiger partial charge in [0, 0.05) is 66.5 Å². The SMILES string of the molecule is C#Cc1cccc2cccc(N3CCc4c(N5CCNC(CC#N)C5)nc(OC)c(C#N)c4C3)c12. The van der Waals surface area contributed by atoms with E-state index in [4.69, 9.17) is 21.4 Å². The quantitative estimate of drug-likeness (QED) is 0.595. The summed E-state index contributed by atoms with van der Waals surface area (Å²) in [4.78, 5) is 9.32. The van der Waals surface area contributed by atoms with Crippen molar-refractivity contribution in [3.05, 3.63) is 58.7 Å². The summed E-state index contributed by atoms with van der Waals surface area (Å²) in [7, 11) is 1.56. The average Bonchev–Trinajstić information content (AvgIpc) is 2.91. The predicted molar refractivity (Wildman–Crippen MR) is 136 cm³/mol. The Bertz CT molecular complexity index is 1400. The standard InChI is InChI=1S/C28H26N6O/c1-3-19-6-4-7-20-8-5-9-25(26(19)20)33-14-11-22-24(18-33)23(16-30)28(35-2)32-27(22)34-15-13-31-21(17-34)10-12-29/h1,4-9,21,31H,10-11,13-15,17-18H2,2H3. The van der Waals surface area contributed by atoms with Crippen LogP contribution in [0.25, 0.3) is 10.8 Å². The molecule has 3 aromatic rings. The van der Waals surface area contributed by atoms with Crippen molar-refractivity contribution < 1.29 is 4.74 Å². The van der Waals surface area contributed by atoms with E-state index in [1.54, 1.807) is 7.11 Å². The van der Waals surface area contributed by atoms with Crippen LogP contribution in [0.15, 0.2) is 36.4 Å². The van der Waals surface area contributed by atoms with Crippen LogP contribution >= 0.6 is 0 Å². The van der Waals surface area contributed by atoms with E-state index in [-0.39, 0.29) is 6.04 Å². The highest BCUT2D eigenvalue weighted by Crippen LogP contribution is 2.38. The lowest BCUT2D eigenvalue weighted by molar-refractivity contribution is 0.393. The van der Waals surface area contributed by atoms with Crippen molar-refractivity contribution in [3.63, 3.8) is 0 Å². The van der Waals surface area contributed by atoms with Gasteiger partial charge in [0.25, 0.3) is 0 Å². The third-order valence-corrected chi connectivity index (χ3v) is 6.91. The first kappa shape index (κ1) is 22.5. The summed E-state index contributed by atoms with van der Waals surface area (Å²) in [5.41, 5.74) is 4.46. The molecular formula is C28H26N6O. The van der Waals surface area contributed by atoms with Crippen LogP contribution in [0.5, 0.6) is 5.88 Å². The van der Waals surface area contributed by atoms with Crippen molar-refractivity contribution in [1.82, 2.24) is 10.3 Å². The average molecular weight is 463 g/mol. The predicted octanol–water partition coefficient (Wildman–Crippen LogP) is 3.35. The van der Waals surface area contributed by atoms with E-state index in [0.29, 0.717) is 31.0 Å². The molecule has 0 aliphatic carbocycles. The second kappa shape index (κ2) is 9.55. The van der Waals surface area contributed by atoms with E-state index < -0.39 is 0 Å². The van der Waals surface area contributed by atoms with Crippen molar-refractivity contribution >= 4 is 22.3 Å². The highest BCUT2D eigenvalue weighted by atomic mass is 16.5. The molecule has 35 heavy (non-hydrogen) atoms. The molecule has 1 N–H and O–H groups in total. The van der Waals surface area contributed by atoms with Crippen molar-refractivity contribution in [3.8, 4) is 30.4 Å². The number of aromatic nitrogens is 1. The van der Waals surface area contributed by atoms with Gasteiger partial charge in [-0.15, -0.1) is 6.42 Å². The zero-order valence-electron chi connectivity index (χ0n) is 19.7. The number of methoxy groups -OCH3 is 1. The lowest BCUT2D eigenvalue weighted by Gasteiger charge is -2.38. The third kappa shape index (κ3) is 3.99. The molecular weight excluding hydrogens is 436 g/mol. The van der Waals surface area contributed by atoms with E-state index in [0.717, 1.165) is 65.0 Å². The van der Waals surface area contributed by atoms with Gasteiger partial charge >= 0.3 is 0 Å². The third-order valence-electron chi connectivity index (χ3n) is 6.91. The lowest BCUT2D eigenvalue weighted by Crippen LogP contribution is -2.51. The molecule has 5 rings (SSSR count). The lowest BCUT2D eigenvalue weighted by atomic mass is 9.94. The maximum atomic E-state index is 10.1. The Hall–Kier alpha value is -4.25. The van der Waals surface area contributed by atoms with Gasteiger partial charge in [-0.1, -0.05) is 30.2 Å². The molecule has 0 amide bonds. The van der Waals surface area contributed by atoms with Crippen molar-refractivity contribution in [1.29, 1.82) is 10.5 Å². The molecule has 2 aromatic carbocycles. The zero-order chi connectivity index (χ0) is 24.4. The zero-order valence-corrected chi connectivity index (χ0v) is 19.7. The number of piperazine rings is 1. The van der Waals surface area contributed by atoms with Crippen LogP contribution in [-0.4, -0.2) is 44.3 Å². The fraction of sp³-hybridized carbons (Fsp3) is 0.321. The summed E-state index contributed by atoms with van der Waals surface area (Å²) in [6, 6.07) is 16.9. The maximum Gasteiger partial charge on any atom is 0.233 e. The number of hydrogen-bond acceptors (Lipinski definition) is 7. The summed E-state index contributed by atoms with van der Waals surface area (Å²) in [5, 5.41) is 24.8. The number of anilines is 2. The minimum atomic E-state index is 0.0887. The number of nitriles is 2. The summed E-state index contributed by atoms with van der Waals surface area (Å²) >= 11 is 0. The molecule has 3 heterocycles. The van der Waals surface area contributed by atoms with Gasteiger partial charge in [-0.3, -0.25) is 0 Å². The minimum absolute atomic E-state index is 0.0887. The van der Waals surface area contributed by atoms with Gasteiger partial charge < -0.3 is 19.9 Å². The number of nitrogens with zero attached hydrogens (tertiary/aromatic N) is 5. The fourth-order valence-electron chi connectivity index (χ4n) is 5.29. The van der Waals surface area contributed by atoms with Gasteiger partial charge in [0.2, 0.25) is 5.88 Å². The van der Waals surface area contributed by atoms with Crippen LogP contribution in [0.1, 0.15) is 28.7 Å². The molecule has 2 aliphatic rings. The van der Waals surface area contributed by atoms with Crippen LogP contribution in [0.3, 0.4) is 0 Å². The molecule has 174 valence electrons. The molecule has 0 saturated carbocycles. The summed E-state index contributed by atoms with van der Waals surface area (Å²) < 4.78 is 5.58. The minimum Gasteiger partial charge on any atom is -0.480 e. The summed E-state index contributed by atoms with van der Waals surface area (Å²) in [5.74, 6) is 4.04. The molecule has 1 unspecified atom stereocenters. The van der Waals surface area contributed by atoms with E-state index in [9.17, 15) is 5.26 Å². The van der Waals surface area contributed by atoms with E-state index >= 15 is 0 Å². The number of hydrogen-bond donors (Lipinski definition) is 1. The molecule has 7 heteroatoms. The van der Waals surface area contributed by atoms with Gasteiger partial charge in [0.15, 0.2) is 0 Å². The number of benzene rings is 2. The molecule has 7 nitrogen and oxygen atoms in total. The normalized spacial score (nSPS) is 17.3. The smallest absolute Gasteiger partial charge is 0.233 e. The molecule has 1 aromatic heterocycles. The van der Waals surface area contributed by atoms with Crippen LogP contribution in [-0.2, 0) is 13.0 Å². The van der Waals surface area contributed by atoms with E-state index in [1.165, 1.54) is 0 Å². The Morgan fingerprint density at radius 3 is 2.71 bits per heavy atom. The number of ether oxygens (including phenoxy) is 1. The Kier molecular flexibility index (Phi) is 6.15. The Morgan fingerprint density at radius 2 is 1.97 bits per heavy atom. The fourth-order valence-corrected chi connectivity index (χ4v) is 5.29. The summed E-state index contributed by atoms with van der Waals surface area (Å²) in [6.45, 7) is 3.61.